The van der Waals surface area contributed by atoms with Gasteiger partial charge in [-0.1, -0.05) is 24.3 Å². The summed E-state index contributed by atoms with van der Waals surface area (Å²) in [6.45, 7) is 1.49. The number of hydrogen-bond donors (Lipinski definition) is 2. The number of aliphatic hydroxyl groups excluding tert-OH is 1. The van der Waals surface area contributed by atoms with Crippen LogP contribution in [0.3, 0.4) is 0 Å². The zero-order chi connectivity index (χ0) is 17.0. The maximum absolute atomic E-state index is 11.2. The lowest BCUT2D eigenvalue weighted by Crippen LogP contribution is -2.09. The molecule has 118 valence electrons. The number of carboxylic acids is 1. The third-order valence-electron chi connectivity index (χ3n) is 3.17. The van der Waals surface area contributed by atoms with Crippen molar-refractivity contribution in [3.8, 4) is 0 Å². The predicted molar refractivity (Wildman–Crippen MR) is 81.2 cm³/mol. The zero-order valence-corrected chi connectivity index (χ0v) is 12.3. The molecule has 0 fully saturated rings. The number of carbonyl (C=O) groups excluding carboxylic acids is 2. The van der Waals surface area contributed by atoms with E-state index in [1.165, 1.54) is 19.3 Å². The molecule has 0 radical (unpaired) electrons. The fourth-order valence-corrected chi connectivity index (χ4v) is 1.94. The molecule has 0 atom stereocenters. The van der Waals surface area contributed by atoms with E-state index in [2.05, 4.69) is 0 Å². The normalized spacial score (nSPS) is 11.3. The van der Waals surface area contributed by atoms with Crippen LogP contribution in [0.25, 0.3) is 5.76 Å². The highest BCUT2D eigenvalue weighted by Gasteiger charge is 2.12. The second-order valence-corrected chi connectivity index (χ2v) is 4.93. The number of furan rings is 1. The Morgan fingerprint density at radius 2 is 1.74 bits per heavy atom. The molecule has 6 heteroatoms. The lowest BCUT2D eigenvalue weighted by molar-refractivity contribution is -0.146. The largest absolute Gasteiger partial charge is 0.507 e. The number of Topliss-reactive ketones (excluding diaryl/α,β-unsaturated/α-hetero) is 1. The summed E-state index contributed by atoms with van der Waals surface area (Å²) in [4.78, 5) is 32.7. The van der Waals surface area contributed by atoms with E-state index in [1.807, 2.05) is 0 Å². The second kappa shape index (κ2) is 6.74. The lowest BCUT2D eigenvalue weighted by Gasteiger charge is -2.00. The predicted octanol–water partition coefficient (Wildman–Crippen LogP) is 2.63. The number of carbonyl (C=O) groups is 3. The third-order valence-corrected chi connectivity index (χ3v) is 3.17. The van der Waals surface area contributed by atoms with Gasteiger partial charge in [0.1, 0.15) is 17.8 Å². The van der Waals surface area contributed by atoms with Gasteiger partial charge in [-0.3, -0.25) is 9.59 Å². The Hall–Kier alpha value is -3.15. The second-order valence-electron chi connectivity index (χ2n) is 4.93. The van der Waals surface area contributed by atoms with Crippen molar-refractivity contribution in [2.24, 2.45) is 0 Å². The van der Waals surface area contributed by atoms with E-state index < -0.39 is 17.5 Å². The Balaban J connectivity index is 2.11. The highest BCUT2D eigenvalue weighted by molar-refractivity contribution is 6.38. The highest BCUT2D eigenvalue weighted by Crippen LogP contribution is 2.19. The van der Waals surface area contributed by atoms with E-state index in [0.717, 1.165) is 5.56 Å². The molecule has 0 aliphatic rings. The Kier molecular flexibility index (Phi) is 4.75. The van der Waals surface area contributed by atoms with Crippen LogP contribution < -0.4 is 0 Å². The number of rotatable bonds is 6. The average molecular weight is 314 g/mol. The van der Waals surface area contributed by atoms with E-state index in [-0.39, 0.29) is 11.3 Å². The van der Waals surface area contributed by atoms with Crippen molar-refractivity contribution < 1.29 is 29.0 Å². The quantitative estimate of drug-likeness (QED) is 0.367. The number of aliphatic carboxylic acids is 1. The number of benzene rings is 1. The van der Waals surface area contributed by atoms with Crippen molar-refractivity contribution in [1.82, 2.24) is 0 Å². The molecule has 1 aromatic heterocycles. The van der Waals surface area contributed by atoms with Crippen LogP contribution in [0.2, 0.25) is 0 Å². The fraction of sp³-hybridized carbons (Fsp3) is 0.118. The lowest BCUT2D eigenvalue weighted by atomic mass is 10.1. The maximum atomic E-state index is 11.2. The topological polar surface area (TPSA) is 105 Å². The first-order chi connectivity index (χ1) is 10.9. The molecule has 0 bridgehead atoms. The molecular weight excluding hydrogens is 300 g/mol. The molecule has 2 aromatic rings. The summed E-state index contributed by atoms with van der Waals surface area (Å²) in [6, 6.07) is 8.53. The van der Waals surface area contributed by atoms with Crippen LogP contribution in [0.1, 0.15) is 34.2 Å². The molecular formula is C17H14O6. The van der Waals surface area contributed by atoms with Gasteiger partial charge in [0.05, 0.1) is 5.56 Å². The van der Waals surface area contributed by atoms with Crippen LogP contribution in [-0.4, -0.2) is 27.7 Å². The van der Waals surface area contributed by atoms with Crippen LogP contribution >= 0.6 is 0 Å². The monoisotopic (exact) mass is 314 g/mol. The number of aliphatic hydroxyl groups is 1. The Morgan fingerprint density at radius 1 is 1.09 bits per heavy atom. The van der Waals surface area contributed by atoms with Gasteiger partial charge < -0.3 is 14.6 Å². The van der Waals surface area contributed by atoms with E-state index in [9.17, 15) is 19.5 Å². The fourth-order valence-electron chi connectivity index (χ4n) is 1.94. The van der Waals surface area contributed by atoms with Gasteiger partial charge in [-0.15, -0.1) is 0 Å². The number of carboxylic acid groups (broad SMARTS) is 1. The SMILES string of the molecule is CC(=O)c1ccc(Cc2cc(C(O)=CC(=O)C(=O)O)co2)cc1. The van der Waals surface area contributed by atoms with Crippen molar-refractivity contribution in [3.05, 3.63) is 65.1 Å². The Morgan fingerprint density at radius 3 is 2.30 bits per heavy atom. The van der Waals surface area contributed by atoms with Gasteiger partial charge in [-0.25, -0.2) is 4.79 Å². The maximum Gasteiger partial charge on any atom is 0.376 e. The first-order valence-corrected chi connectivity index (χ1v) is 6.72. The summed E-state index contributed by atoms with van der Waals surface area (Å²) in [5, 5.41) is 18.2. The van der Waals surface area contributed by atoms with Crippen LogP contribution in [0, 0.1) is 0 Å². The van der Waals surface area contributed by atoms with Crippen LogP contribution in [0.4, 0.5) is 0 Å². The number of hydrogen-bond acceptors (Lipinski definition) is 5. The van der Waals surface area contributed by atoms with Gasteiger partial charge in [-0.2, -0.15) is 0 Å². The van der Waals surface area contributed by atoms with Crippen molar-refractivity contribution >= 4 is 23.3 Å². The van der Waals surface area contributed by atoms with Gasteiger partial charge in [0.25, 0.3) is 5.78 Å². The molecule has 0 aliphatic heterocycles. The van der Waals surface area contributed by atoms with Gasteiger partial charge in [0, 0.05) is 18.1 Å². The Bertz CT molecular complexity index is 780. The molecule has 0 saturated carbocycles. The van der Waals surface area contributed by atoms with Gasteiger partial charge in [-0.05, 0) is 18.6 Å². The molecule has 6 nitrogen and oxygen atoms in total. The van der Waals surface area contributed by atoms with E-state index >= 15 is 0 Å². The molecule has 0 spiro atoms. The average Bonchev–Trinajstić information content (AvgIpc) is 2.96. The van der Waals surface area contributed by atoms with E-state index in [1.54, 1.807) is 24.3 Å². The highest BCUT2D eigenvalue weighted by atomic mass is 16.4. The molecule has 1 aromatic carbocycles. The first-order valence-electron chi connectivity index (χ1n) is 6.72. The molecule has 23 heavy (non-hydrogen) atoms. The molecule has 1 heterocycles. The van der Waals surface area contributed by atoms with Crippen molar-refractivity contribution in [2.75, 3.05) is 0 Å². The molecule has 0 amide bonds. The smallest absolute Gasteiger partial charge is 0.376 e. The summed E-state index contributed by atoms with van der Waals surface area (Å²) in [7, 11) is 0. The summed E-state index contributed by atoms with van der Waals surface area (Å²) < 4.78 is 5.28. The molecule has 0 saturated heterocycles. The van der Waals surface area contributed by atoms with E-state index in [4.69, 9.17) is 9.52 Å². The summed E-state index contributed by atoms with van der Waals surface area (Å²) in [5.74, 6) is -2.83. The molecule has 2 rings (SSSR count). The van der Waals surface area contributed by atoms with E-state index in [0.29, 0.717) is 23.8 Å². The summed E-state index contributed by atoms with van der Waals surface area (Å²) in [5.41, 5.74) is 1.73. The zero-order valence-electron chi connectivity index (χ0n) is 12.3. The van der Waals surface area contributed by atoms with Gasteiger partial charge in [0.2, 0.25) is 0 Å². The van der Waals surface area contributed by atoms with Gasteiger partial charge >= 0.3 is 5.97 Å². The minimum absolute atomic E-state index is 0.0185. The number of ketones is 2. The van der Waals surface area contributed by atoms with Crippen molar-refractivity contribution in [2.45, 2.75) is 13.3 Å². The van der Waals surface area contributed by atoms with Gasteiger partial charge in [0.15, 0.2) is 5.78 Å². The van der Waals surface area contributed by atoms with Crippen LogP contribution in [-0.2, 0) is 16.0 Å². The standard InChI is InChI=1S/C17H14O6/c1-10(18)12-4-2-11(3-5-12)6-14-7-13(9-23-14)15(19)8-16(20)17(21)22/h2-5,7-9,19H,6H2,1H3,(H,21,22). The summed E-state index contributed by atoms with van der Waals surface area (Å²) in [6.07, 6.45) is 2.29. The van der Waals surface area contributed by atoms with Crippen molar-refractivity contribution in [3.63, 3.8) is 0 Å². The minimum Gasteiger partial charge on any atom is -0.507 e. The van der Waals surface area contributed by atoms with Crippen LogP contribution in [0.15, 0.2) is 47.1 Å². The first kappa shape index (κ1) is 16.2. The molecule has 0 unspecified atom stereocenters. The summed E-state index contributed by atoms with van der Waals surface area (Å²) >= 11 is 0. The molecule has 0 aliphatic carbocycles. The Labute approximate surface area is 131 Å². The molecule has 2 N–H and O–H groups in total. The minimum atomic E-state index is -1.65. The van der Waals surface area contributed by atoms with Crippen LogP contribution in [0.5, 0.6) is 0 Å². The van der Waals surface area contributed by atoms with Crippen molar-refractivity contribution in [1.29, 1.82) is 0 Å². The third kappa shape index (κ3) is 4.16.